The van der Waals surface area contributed by atoms with Crippen LogP contribution in [0.1, 0.15) is 23.1 Å². The average Bonchev–Trinajstić information content (AvgIpc) is 3.27. The Kier molecular flexibility index (Phi) is 7.29. The summed E-state index contributed by atoms with van der Waals surface area (Å²) in [6, 6.07) is 13.3. The van der Waals surface area contributed by atoms with Gasteiger partial charge >= 0.3 is 6.18 Å². The summed E-state index contributed by atoms with van der Waals surface area (Å²) in [5, 5.41) is 0.211. The number of halogens is 6. The molecule has 1 heterocycles. The lowest BCUT2D eigenvalue weighted by Gasteiger charge is -2.33. The van der Waals surface area contributed by atoms with Crippen molar-refractivity contribution in [2.75, 3.05) is 18.0 Å². The number of nitrogens with zero attached hydrogens (tertiary/aromatic N) is 3. The molecule has 4 rings (SSSR count). The van der Waals surface area contributed by atoms with Crippen molar-refractivity contribution in [3.8, 4) is 0 Å². The Balaban J connectivity index is 1.64. The summed E-state index contributed by atoms with van der Waals surface area (Å²) >= 11 is 6.25. The first-order valence-electron chi connectivity index (χ1n) is 10.9. The molecule has 182 valence electrons. The van der Waals surface area contributed by atoms with E-state index in [4.69, 9.17) is 18.2 Å². The molecule has 3 aromatic carbocycles. The topological polar surface area (TPSA) is 10.8 Å². The molecule has 0 unspecified atom stereocenters. The van der Waals surface area contributed by atoms with Gasteiger partial charge < -0.3 is 4.90 Å². The van der Waals surface area contributed by atoms with Crippen molar-refractivity contribution in [2.45, 2.75) is 31.7 Å². The van der Waals surface area contributed by atoms with Crippen molar-refractivity contribution in [3.63, 3.8) is 0 Å². The van der Waals surface area contributed by atoms with Crippen molar-refractivity contribution in [1.29, 1.82) is 0 Å². The molecule has 0 aliphatic carbocycles. The predicted molar refractivity (Wildman–Crippen MR) is 125 cm³/mol. The van der Waals surface area contributed by atoms with E-state index < -0.39 is 23.4 Å². The smallest absolute Gasteiger partial charge is 0.363 e. The zero-order valence-corrected chi connectivity index (χ0v) is 19.3. The van der Waals surface area contributed by atoms with Crippen molar-refractivity contribution >= 4 is 23.0 Å². The number of hydrogen-bond donors (Lipinski definition) is 0. The molecule has 0 radical (unpaired) electrons. The van der Waals surface area contributed by atoms with Crippen LogP contribution in [0, 0.1) is 18.2 Å². The summed E-state index contributed by atoms with van der Waals surface area (Å²) in [7, 11) is 0. The maximum Gasteiger partial charge on any atom is 0.416 e. The molecule has 9 heteroatoms. The third-order valence-electron chi connectivity index (χ3n) is 6.14. The van der Waals surface area contributed by atoms with Gasteiger partial charge in [-0.2, -0.15) is 13.2 Å². The van der Waals surface area contributed by atoms with E-state index in [9.17, 15) is 22.0 Å². The molecule has 1 fully saturated rings. The van der Waals surface area contributed by atoms with Gasteiger partial charge in [0.05, 0.1) is 12.1 Å². The van der Waals surface area contributed by atoms with Crippen LogP contribution in [0.15, 0.2) is 60.7 Å². The van der Waals surface area contributed by atoms with Gasteiger partial charge in [-0.25, -0.2) is 13.6 Å². The molecule has 1 aliphatic rings. The highest BCUT2D eigenvalue weighted by Crippen LogP contribution is 2.36. The van der Waals surface area contributed by atoms with Gasteiger partial charge in [0.1, 0.15) is 11.6 Å². The van der Waals surface area contributed by atoms with E-state index in [0.717, 1.165) is 24.3 Å². The Morgan fingerprint density at radius 3 is 2.51 bits per heavy atom. The molecule has 0 aromatic heterocycles. The minimum absolute atomic E-state index is 0.0315. The lowest BCUT2D eigenvalue weighted by atomic mass is 10.0. The van der Waals surface area contributed by atoms with Crippen molar-refractivity contribution in [2.24, 2.45) is 0 Å². The quantitative estimate of drug-likeness (QED) is 0.254. The van der Waals surface area contributed by atoms with Crippen LogP contribution in [0.2, 0.25) is 5.02 Å². The monoisotopic (exact) mass is 505 g/mol. The van der Waals surface area contributed by atoms with Crippen LogP contribution >= 0.6 is 11.6 Å². The molecule has 3 aromatic rings. The van der Waals surface area contributed by atoms with Crippen molar-refractivity contribution in [3.05, 3.63) is 105 Å². The van der Waals surface area contributed by atoms with Gasteiger partial charge in [-0.1, -0.05) is 35.9 Å². The molecular weight excluding hydrogens is 485 g/mol. The molecule has 1 atom stereocenters. The molecule has 1 aliphatic heterocycles. The van der Waals surface area contributed by atoms with E-state index in [1.807, 2.05) is 9.80 Å². The van der Waals surface area contributed by atoms with E-state index in [1.54, 1.807) is 24.3 Å². The first-order valence-corrected chi connectivity index (χ1v) is 11.3. The molecule has 35 heavy (non-hydrogen) atoms. The van der Waals surface area contributed by atoms with Crippen LogP contribution < -0.4 is 4.90 Å². The first-order chi connectivity index (χ1) is 16.7. The fraction of sp³-hybridized carbons (Fsp3) is 0.269. The van der Waals surface area contributed by atoms with Crippen molar-refractivity contribution < 1.29 is 22.0 Å². The van der Waals surface area contributed by atoms with E-state index >= 15 is 0 Å². The largest absolute Gasteiger partial charge is 0.416 e. The van der Waals surface area contributed by atoms with E-state index in [-0.39, 0.29) is 41.0 Å². The Hall–Kier alpha value is -3.15. The molecule has 1 saturated heterocycles. The molecule has 0 N–H and O–H groups in total. The molecule has 0 saturated carbocycles. The summed E-state index contributed by atoms with van der Waals surface area (Å²) in [5.74, 6) is -1.04. The van der Waals surface area contributed by atoms with Gasteiger partial charge in [-0.15, -0.1) is 0 Å². The number of alkyl halides is 3. The summed E-state index contributed by atoms with van der Waals surface area (Å²) in [4.78, 5) is 7.13. The minimum Gasteiger partial charge on any atom is -0.363 e. The number of rotatable bonds is 6. The number of benzene rings is 3. The molecule has 0 bridgehead atoms. The van der Waals surface area contributed by atoms with Crippen LogP contribution in [0.25, 0.3) is 4.85 Å². The lowest BCUT2D eigenvalue weighted by Crippen LogP contribution is -2.37. The Morgan fingerprint density at radius 1 is 1.03 bits per heavy atom. The van der Waals surface area contributed by atoms with E-state index in [2.05, 4.69) is 4.85 Å². The fourth-order valence-electron chi connectivity index (χ4n) is 4.43. The number of anilines is 1. The van der Waals surface area contributed by atoms with Gasteiger partial charge in [0.25, 0.3) is 0 Å². The highest BCUT2D eigenvalue weighted by Gasteiger charge is 2.35. The molecular formula is C26H21ClF5N3. The summed E-state index contributed by atoms with van der Waals surface area (Å²) in [6.07, 6.45) is -3.90. The average molecular weight is 506 g/mol. The van der Waals surface area contributed by atoms with E-state index in [1.165, 1.54) is 12.1 Å². The third kappa shape index (κ3) is 5.75. The standard InChI is InChI=1S/C26H21ClF5N3/c1-33-25-9-7-20(13-23(25)27)35(15-17-4-2-3-5-22(17)26(30,31)32)21-10-11-34(16-21)14-18-12-19(28)6-8-24(18)29/h2-9,12-13,21H,10-11,14-16H2/t21-/m0/s1. The first kappa shape index (κ1) is 25.0. The van der Waals surface area contributed by atoms with Crippen molar-refractivity contribution in [1.82, 2.24) is 4.90 Å². The normalized spacial score (nSPS) is 16.3. The number of hydrogen-bond acceptors (Lipinski definition) is 2. The predicted octanol–water partition coefficient (Wildman–Crippen LogP) is 7.47. The SMILES string of the molecule is [C-]#[N+]c1ccc(N(Cc2ccccc2C(F)(F)F)[C@H]2CCN(Cc3cc(F)ccc3F)C2)cc1Cl. The molecule has 0 spiro atoms. The Labute approximate surface area is 205 Å². The zero-order valence-electron chi connectivity index (χ0n) is 18.5. The lowest BCUT2D eigenvalue weighted by molar-refractivity contribution is -0.138. The zero-order chi connectivity index (χ0) is 25.2. The highest BCUT2D eigenvalue weighted by atomic mass is 35.5. The summed E-state index contributed by atoms with van der Waals surface area (Å²) in [6.45, 7) is 8.36. The fourth-order valence-corrected chi connectivity index (χ4v) is 4.65. The third-order valence-corrected chi connectivity index (χ3v) is 6.44. The van der Waals surface area contributed by atoms with Gasteiger partial charge in [-0.05, 0) is 48.4 Å². The van der Waals surface area contributed by atoms with Crippen LogP contribution in [-0.4, -0.2) is 24.0 Å². The summed E-state index contributed by atoms with van der Waals surface area (Å²) in [5.41, 5.74) is 0.457. The summed E-state index contributed by atoms with van der Waals surface area (Å²) < 4.78 is 68.8. The van der Waals surface area contributed by atoms with E-state index in [0.29, 0.717) is 25.2 Å². The maximum absolute atomic E-state index is 14.2. The van der Waals surface area contributed by atoms with Crippen LogP contribution in [0.5, 0.6) is 0 Å². The molecule has 0 amide bonds. The second kappa shape index (κ2) is 10.2. The molecule has 3 nitrogen and oxygen atoms in total. The second-order valence-electron chi connectivity index (χ2n) is 8.44. The number of likely N-dealkylation sites (tertiary alicyclic amines) is 1. The highest BCUT2D eigenvalue weighted by molar-refractivity contribution is 6.33. The van der Waals surface area contributed by atoms with Crippen LogP contribution in [-0.2, 0) is 19.3 Å². The Morgan fingerprint density at radius 2 is 1.80 bits per heavy atom. The van der Waals surface area contributed by atoms with Gasteiger partial charge in [0.2, 0.25) is 5.69 Å². The second-order valence-corrected chi connectivity index (χ2v) is 8.85. The van der Waals surface area contributed by atoms with Crippen LogP contribution in [0.4, 0.5) is 33.3 Å². The Bertz CT molecular complexity index is 1250. The minimum atomic E-state index is -4.51. The van der Waals surface area contributed by atoms with Crippen LogP contribution in [0.3, 0.4) is 0 Å². The van der Waals surface area contributed by atoms with Gasteiger partial charge in [0.15, 0.2) is 0 Å². The maximum atomic E-state index is 14.2. The van der Waals surface area contributed by atoms with Gasteiger partial charge in [0, 0.05) is 48.5 Å². The van der Waals surface area contributed by atoms with Gasteiger partial charge in [-0.3, -0.25) is 4.90 Å².